The molecule has 2 aliphatic heterocycles. The van der Waals surface area contributed by atoms with E-state index in [0.717, 1.165) is 25.7 Å². The Balaban J connectivity index is 0.000000171. The number of rotatable bonds is 4. The fraction of sp³-hybridized carbons (Fsp3) is 0.545. The summed E-state index contributed by atoms with van der Waals surface area (Å²) < 4.78 is 37.1. The van der Waals surface area contributed by atoms with E-state index < -0.39 is 23.8 Å². The molecule has 2 fully saturated rings. The number of hydrogen-bond acceptors (Lipinski definition) is 6. The Morgan fingerprint density at radius 1 is 0.733 bits per heavy atom. The monoisotopic (exact) mass is 422 g/mol. The fourth-order valence-electron chi connectivity index (χ4n) is 3.74. The molecule has 2 aromatic heterocycles. The standard InChI is InChI=1S/2C11H14FNO2/c2*12-9-2-1-5-13-10(9)11(14)8-3-6-15-7-4-8/h2*1-2,5,8,11,14H,3-4,6-7H2/t2*11-/m10/s1. The summed E-state index contributed by atoms with van der Waals surface area (Å²) in [5.41, 5.74) is 0.314. The number of aliphatic hydroxyl groups is 2. The molecule has 6 nitrogen and oxygen atoms in total. The van der Waals surface area contributed by atoms with Crippen molar-refractivity contribution >= 4 is 0 Å². The van der Waals surface area contributed by atoms with Crippen LogP contribution in [0.3, 0.4) is 0 Å². The van der Waals surface area contributed by atoms with E-state index >= 15 is 0 Å². The zero-order valence-electron chi connectivity index (χ0n) is 16.8. The molecule has 2 saturated heterocycles. The van der Waals surface area contributed by atoms with Gasteiger partial charge in [-0.05, 0) is 61.8 Å². The summed E-state index contributed by atoms with van der Waals surface area (Å²) in [6, 6.07) is 5.70. The van der Waals surface area contributed by atoms with Gasteiger partial charge < -0.3 is 19.7 Å². The summed E-state index contributed by atoms with van der Waals surface area (Å²) in [5, 5.41) is 19.9. The van der Waals surface area contributed by atoms with Gasteiger partial charge in [0.15, 0.2) is 0 Å². The van der Waals surface area contributed by atoms with Gasteiger partial charge in [-0.3, -0.25) is 9.97 Å². The van der Waals surface area contributed by atoms with Crippen LogP contribution in [0.4, 0.5) is 8.78 Å². The second-order valence-corrected chi connectivity index (χ2v) is 7.53. The number of ether oxygens (including phenoxy) is 2. The van der Waals surface area contributed by atoms with Crippen LogP contribution >= 0.6 is 0 Å². The first kappa shape index (κ1) is 22.7. The third-order valence-electron chi connectivity index (χ3n) is 5.56. The van der Waals surface area contributed by atoms with E-state index in [0.29, 0.717) is 26.4 Å². The number of halogens is 2. The van der Waals surface area contributed by atoms with E-state index in [2.05, 4.69) is 9.97 Å². The molecule has 0 unspecified atom stereocenters. The molecular weight excluding hydrogens is 394 g/mol. The minimum absolute atomic E-state index is 0.0585. The van der Waals surface area contributed by atoms with Crippen molar-refractivity contribution < 1.29 is 28.5 Å². The Kier molecular flexibility index (Phi) is 8.62. The van der Waals surface area contributed by atoms with Crippen molar-refractivity contribution in [2.75, 3.05) is 26.4 Å². The molecule has 4 rings (SSSR count). The summed E-state index contributed by atoms with van der Waals surface area (Å²) in [6.45, 7) is 2.54. The lowest BCUT2D eigenvalue weighted by atomic mass is 9.91. The number of aromatic nitrogens is 2. The molecule has 0 amide bonds. The van der Waals surface area contributed by atoms with Crippen LogP contribution in [0.25, 0.3) is 0 Å². The molecule has 0 aromatic carbocycles. The molecule has 0 spiro atoms. The Hall–Kier alpha value is -2.00. The van der Waals surface area contributed by atoms with Crippen LogP contribution in [-0.4, -0.2) is 46.6 Å². The lowest BCUT2D eigenvalue weighted by Crippen LogP contribution is -2.23. The first-order valence-electron chi connectivity index (χ1n) is 10.3. The van der Waals surface area contributed by atoms with E-state index in [1.165, 1.54) is 36.7 Å². The van der Waals surface area contributed by atoms with Gasteiger partial charge in [0, 0.05) is 38.8 Å². The Labute approximate surface area is 174 Å². The first-order chi connectivity index (χ1) is 14.6. The molecule has 2 aliphatic rings. The maximum Gasteiger partial charge on any atom is 0.147 e. The van der Waals surface area contributed by atoms with Gasteiger partial charge in [0.1, 0.15) is 35.2 Å². The Morgan fingerprint density at radius 3 is 1.43 bits per heavy atom. The van der Waals surface area contributed by atoms with E-state index in [9.17, 15) is 19.0 Å². The van der Waals surface area contributed by atoms with Gasteiger partial charge in [-0.15, -0.1) is 0 Å². The van der Waals surface area contributed by atoms with E-state index in [-0.39, 0.29) is 23.2 Å². The summed E-state index contributed by atoms with van der Waals surface area (Å²) >= 11 is 0. The van der Waals surface area contributed by atoms with Gasteiger partial charge in [0.2, 0.25) is 0 Å². The van der Waals surface area contributed by atoms with Crippen LogP contribution in [0.5, 0.6) is 0 Å². The molecule has 0 bridgehead atoms. The third kappa shape index (κ3) is 6.01. The zero-order chi connectivity index (χ0) is 21.3. The average Bonchev–Trinajstić information content (AvgIpc) is 2.80. The van der Waals surface area contributed by atoms with Crippen molar-refractivity contribution in [1.29, 1.82) is 0 Å². The van der Waals surface area contributed by atoms with Crippen molar-refractivity contribution in [2.24, 2.45) is 11.8 Å². The molecule has 2 N–H and O–H groups in total. The molecule has 0 radical (unpaired) electrons. The Bertz CT molecular complexity index is 718. The molecular formula is C22H28F2N2O4. The molecule has 2 aromatic rings. The van der Waals surface area contributed by atoms with Crippen molar-refractivity contribution in [3.8, 4) is 0 Å². The number of nitrogens with zero attached hydrogens (tertiary/aromatic N) is 2. The summed E-state index contributed by atoms with van der Waals surface area (Å²) in [4.78, 5) is 7.78. The minimum atomic E-state index is -0.810. The highest BCUT2D eigenvalue weighted by Gasteiger charge is 2.27. The van der Waals surface area contributed by atoms with Crippen LogP contribution in [-0.2, 0) is 9.47 Å². The number of aliphatic hydroxyl groups excluding tert-OH is 2. The quantitative estimate of drug-likeness (QED) is 0.786. The van der Waals surface area contributed by atoms with Gasteiger partial charge in [-0.25, -0.2) is 8.78 Å². The predicted molar refractivity (Wildman–Crippen MR) is 105 cm³/mol. The topological polar surface area (TPSA) is 84.7 Å². The molecule has 30 heavy (non-hydrogen) atoms. The molecule has 2 atom stereocenters. The van der Waals surface area contributed by atoms with Crippen LogP contribution in [0.2, 0.25) is 0 Å². The van der Waals surface area contributed by atoms with Gasteiger partial charge >= 0.3 is 0 Å². The average molecular weight is 422 g/mol. The lowest BCUT2D eigenvalue weighted by Gasteiger charge is -2.26. The Morgan fingerprint density at radius 2 is 1.10 bits per heavy atom. The third-order valence-corrected chi connectivity index (χ3v) is 5.56. The SMILES string of the molecule is O[C@@H](c1ncccc1F)C1CCOCC1.O[C@H](c1ncccc1F)C1CCOCC1. The summed E-state index contributed by atoms with van der Waals surface area (Å²) in [6.07, 6.45) is 4.43. The largest absolute Gasteiger partial charge is 0.386 e. The van der Waals surface area contributed by atoms with Crippen LogP contribution in [0.1, 0.15) is 49.3 Å². The van der Waals surface area contributed by atoms with Gasteiger partial charge in [-0.1, -0.05) is 0 Å². The van der Waals surface area contributed by atoms with Crippen molar-refractivity contribution in [2.45, 2.75) is 37.9 Å². The van der Waals surface area contributed by atoms with Crippen molar-refractivity contribution in [3.05, 3.63) is 59.7 Å². The van der Waals surface area contributed by atoms with E-state index in [1.54, 1.807) is 0 Å². The maximum absolute atomic E-state index is 13.3. The maximum atomic E-state index is 13.3. The normalized spacial score (nSPS) is 20.1. The van der Waals surface area contributed by atoms with Crippen LogP contribution in [0, 0.1) is 23.5 Å². The minimum Gasteiger partial charge on any atom is -0.386 e. The van der Waals surface area contributed by atoms with Crippen molar-refractivity contribution in [3.63, 3.8) is 0 Å². The summed E-state index contributed by atoms with van der Waals surface area (Å²) in [7, 11) is 0. The van der Waals surface area contributed by atoms with Gasteiger partial charge in [0.05, 0.1) is 0 Å². The van der Waals surface area contributed by atoms with Crippen LogP contribution < -0.4 is 0 Å². The highest BCUT2D eigenvalue weighted by atomic mass is 19.1. The summed E-state index contributed by atoms with van der Waals surface area (Å²) in [5.74, 6) is -0.751. The molecule has 0 saturated carbocycles. The van der Waals surface area contributed by atoms with Crippen molar-refractivity contribution in [1.82, 2.24) is 9.97 Å². The van der Waals surface area contributed by atoms with E-state index in [1.807, 2.05) is 0 Å². The highest BCUT2D eigenvalue weighted by molar-refractivity contribution is 5.11. The van der Waals surface area contributed by atoms with E-state index in [4.69, 9.17) is 9.47 Å². The smallest absolute Gasteiger partial charge is 0.147 e. The second-order valence-electron chi connectivity index (χ2n) is 7.53. The predicted octanol–water partition coefficient (Wildman–Crippen LogP) is 3.36. The molecule has 0 aliphatic carbocycles. The highest BCUT2D eigenvalue weighted by Crippen LogP contribution is 2.30. The number of pyridine rings is 2. The molecule has 164 valence electrons. The second kappa shape index (κ2) is 11.4. The first-order valence-corrected chi connectivity index (χ1v) is 10.3. The van der Waals surface area contributed by atoms with Gasteiger partial charge in [0.25, 0.3) is 0 Å². The zero-order valence-corrected chi connectivity index (χ0v) is 16.8. The van der Waals surface area contributed by atoms with Crippen LogP contribution in [0.15, 0.2) is 36.7 Å². The molecule has 8 heteroatoms. The van der Waals surface area contributed by atoms with Gasteiger partial charge in [-0.2, -0.15) is 0 Å². The lowest BCUT2D eigenvalue weighted by molar-refractivity contribution is 0.00415. The molecule has 4 heterocycles. The number of hydrogen-bond donors (Lipinski definition) is 2. The fourth-order valence-corrected chi connectivity index (χ4v) is 3.74.